The van der Waals surface area contributed by atoms with Crippen LogP contribution in [0.25, 0.3) is 5.70 Å². The molecule has 0 radical (unpaired) electrons. The summed E-state index contributed by atoms with van der Waals surface area (Å²) in [7, 11) is 2.86. The van der Waals surface area contributed by atoms with Gasteiger partial charge in [-0.05, 0) is 29.8 Å². The van der Waals surface area contributed by atoms with Gasteiger partial charge in [0.25, 0.3) is 5.91 Å². The third-order valence-corrected chi connectivity index (χ3v) is 3.75. The van der Waals surface area contributed by atoms with Crippen LogP contribution in [-0.2, 0) is 6.18 Å². The van der Waals surface area contributed by atoms with E-state index in [1.807, 2.05) is 0 Å². The first kappa shape index (κ1) is 21.6. The molecule has 0 aliphatic carbocycles. The number of ether oxygens (including phenoxy) is 2. The molecular weight excluding hydrogens is 389 g/mol. The Kier molecular flexibility index (Phi) is 6.71. The van der Waals surface area contributed by atoms with E-state index >= 15 is 0 Å². The summed E-state index contributed by atoms with van der Waals surface area (Å²) in [5.41, 5.74) is 11.4. The summed E-state index contributed by atoms with van der Waals surface area (Å²) >= 11 is 0. The van der Waals surface area contributed by atoms with Crippen molar-refractivity contribution in [3.63, 3.8) is 0 Å². The Hall–Kier alpha value is -3.69. The van der Waals surface area contributed by atoms with Gasteiger partial charge in [0.05, 0.1) is 26.0 Å². The molecule has 0 bridgehead atoms. The van der Waals surface area contributed by atoms with Crippen molar-refractivity contribution < 1.29 is 27.4 Å². The van der Waals surface area contributed by atoms with Gasteiger partial charge in [-0.25, -0.2) is 4.98 Å². The van der Waals surface area contributed by atoms with Crippen molar-refractivity contribution in [2.24, 2.45) is 11.5 Å². The molecule has 154 valence electrons. The summed E-state index contributed by atoms with van der Waals surface area (Å²) in [6.07, 6.45) is -0.425. The molecule has 29 heavy (non-hydrogen) atoms. The molecule has 0 fully saturated rings. The van der Waals surface area contributed by atoms with E-state index in [1.165, 1.54) is 50.8 Å². The molecule has 1 aromatic carbocycles. The van der Waals surface area contributed by atoms with Gasteiger partial charge in [-0.3, -0.25) is 4.79 Å². The summed E-state index contributed by atoms with van der Waals surface area (Å²) in [5, 5.41) is 2.41. The second kappa shape index (κ2) is 9.00. The second-order valence-corrected chi connectivity index (χ2v) is 5.70. The number of allylic oxidation sites excluding steroid dienone is 2. The Labute approximate surface area is 164 Å². The Bertz CT molecular complexity index is 939. The van der Waals surface area contributed by atoms with E-state index < -0.39 is 17.6 Å². The summed E-state index contributed by atoms with van der Waals surface area (Å²) in [6, 6.07) is 5.71. The van der Waals surface area contributed by atoms with E-state index in [0.717, 1.165) is 12.1 Å². The van der Waals surface area contributed by atoms with Crippen LogP contribution in [-0.4, -0.2) is 25.1 Å². The zero-order valence-electron chi connectivity index (χ0n) is 15.6. The number of aromatic nitrogens is 1. The predicted molar refractivity (Wildman–Crippen MR) is 101 cm³/mol. The molecule has 1 aromatic heterocycles. The molecule has 0 aliphatic rings. The number of nitrogens with two attached hydrogens (primary N) is 2. The molecule has 0 unspecified atom stereocenters. The van der Waals surface area contributed by atoms with Crippen molar-refractivity contribution >= 4 is 11.6 Å². The highest BCUT2D eigenvalue weighted by Gasteiger charge is 2.29. The number of hydrogen-bond acceptors (Lipinski definition) is 6. The van der Waals surface area contributed by atoms with Crippen LogP contribution < -0.4 is 26.3 Å². The smallest absolute Gasteiger partial charge is 0.416 e. The van der Waals surface area contributed by atoms with Gasteiger partial charge < -0.3 is 26.3 Å². The molecule has 1 heterocycles. The fourth-order valence-electron chi connectivity index (χ4n) is 2.23. The molecule has 10 heteroatoms. The SMILES string of the molecule is COc1cnc(C(=O)N/C(N)=C/C=C(\N)c2ccc(C(F)(F)F)cc2)cc1OC. The van der Waals surface area contributed by atoms with Crippen molar-refractivity contribution in [3.8, 4) is 11.5 Å². The zero-order chi connectivity index (χ0) is 21.6. The number of hydrogen-bond donors (Lipinski definition) is 3. The van der Waals surface area contributed by atoms with E-state index in [4.69, 9.17) is 20.9 Å². The monoisotopic (exact) mass is 408 g/mol. The van der Waals surface area contributed by atoms with Crippen LogP contribution in [0.2, 0.25) is 0 Å². The first-order valence-electron chi connectivity index (χ1n) is 8.15. The number of nitrogens with one attached hydrogen (secondary N) is 1. The predicted octanol–water partition coefficient (Wildman–Crippen LogP) is 2.65. The fraction of sp³-hybridized carbons (Fsp3) is 0.158. The number of amides is 1. The molecule has 0 aliphatic heterocycles. The standard InChI is InChI=1S/C19H19F3N4O3/c1-28-15-9-14(25-10-16(15)29-2)18(27)26-17(24)8-7-13(23)11-3-5-12(6-4-11)19(20,21)22/h3-10H,23-24H2,1-2H3,(H,26,27)/b13-7-,17-8+. The molecule has 2 rings (SSSR count). The Morgan fingerprint density at radius 2 is 1.69 bits per heavy atom. The van der Waals surface area contributed by atoms with E-state index in [9.17, 15) is 18.0 Å². The van der Waals surface area contributed by atoms with Crippen molar-refractivity contribution in [3.05, 3.63) is 71.3 Å². The van der Waals surface area contributed by atoms with Gasteiger partial charge in [0.15, 0.2) is 11.5 Å². The topological polar surface area (TPSA) is 112 Å². The van der Waals surface area contributed by atoms with E-state index in [0.29, 0.717) is 17.1 Å². The number of methoxy groups -OCH3 is 2. The lowest BCUT2D eigenvalue weighted by Crippen LogP contribution is -2.28. The number of carbonyl (C=O) groups excluding carboxylic acids is 1. The molecule has 0 atom stereocenters. The van der Waals surface area contributed by atoms with E-state index in [2.05, 4.69) is 10.3 Å². The number of carbonyl (C=O) groups is 1. The number of alkyl halides is 3. The van der Waals surface area contributed by atoms with Crippen LogP contribution in [0.15, 0.2) is 54.5 Å². The molecule has 5 N–H and O–H groups in total. The number of rotatable bonds is 6. The summed E-state index contributed by atoms with van der Waals surface area (Å²) in [5.74, 6) is 0.0455. The second-order valence-electron chi connectivity index (χ2n) is 5.70. The maximum absolute atomic E-state index is 12.6. The molecule has 0 saturated carbocycles. The molecule has 2 aromatic rings. The molecule has 1 amide bonds. The first-order valence-corrected chi connectivity index (χ1v) is 8.15. The van der Waals surface area contributed by atoms with Gasteiger partial charge in [-0.15, -0.1) is 0 Å². The maximum atomic E-state index is 12.6. The van der Waals surface area contributed by atoms with Crippen LogP contribution in [0, 0.1) is 0 Å². The van der Waals surface area contributed by atoms with Crippen molar-refractivity contribution in [1.29, 1.82) is 0 Å². The van der Waals surface area contributed by atoms with Crippen molar-refractivity contribution in [2.75, 3.05) is 14.2 Å². The minimum atomic E-state index is -4.43. The van der Waals surface area contributed by atoms with Gasteiger partial charge in [-0.2, -0.15) is 13.2 Å². The van der Waals surface area contributed by atoms with Gasteiger partial charge in [0.2, 0.25) is 0 Å². The Balaban J connectivity index is 2.09. The third kappa shape index (κ3) is 5.64. The van der Waals surface area contributed by atoms with Crippen molar-refractivity contribution in [1.82, 2.24) is 10.3 Å². The number of nitrogens with zero attached hydrogens (tertiary/aromatic N) is 1. The lowest BCUT2D eigenvalue weighted by molar-refractivity contribution is -0.137. The summed E-state index contributed by atoms with van der Waals surface area (Å²) in [4.78, 5) is 16.2. The molecular formula is C19H19F3N4O3. The molecule has 0 saturated heterocycles. The number of pyridine rings is 1. The Morgan fingerprint density at radius 1 is 1.07 bits per heavy atom. The fourth-order valence-corrected chi connectivity index (χ4v) is 2.23. The molecule has 0 spiro atoms. The maximum Gasteiger partial charge on any atom is 0.416 e. The number of benzene rings is 1. The minimum absolute atomic E-state index is 0.0403. The van der Waals surface area contributed by atoms with Gasteiger partial charge in [0.1, 0.15) is 11.5 Å². The minimum Gasteiger partial charge on any atom is -0.493 e. The third-order valence-electron chi connectivity index (χ3n) is 3.75. The van der Waals surface area contributed by atoms with Crippen LogP contribution >= 0.6 is 0 Å². The first-order chi connectivity index (χ1) is 13.7. The average molecular weight is 408 g/mol. The highest BCUT2D eigenvalue weighted by Crippen LogP contribution is 2.29. The highest BCUT2D eigenvalue weighted by atomic mass is 19.4. The zero-order valence-corrected chi connectivity index (χ0v) is 15.6. The van der Waals surface area contributed by atoms with Crippen molar-refractivity contribution in [2.45, 2.75) is 6.18 Å². The van der Waals surface area contributed by atoms with Crippen LogP contribution in [0.3, 0.4) is 0 Å². The van der Waals surface area contributed by atoms with Crippen LogP contribution in [0.4, 0.5) is 13.2 Å². The highest BCUT2D eigenvalue weighted by molar-refractivity contribution is 5.94. The summed E-state index contributed by atoms with van der Waals surface area (Å²) < 4.78 is 47.9. The summed E-state index contributed by atoms with van der Waals surface area (Å²) in [6.45, 7) is 0. The van der Waals surface area contributed by atoms with Gasteiger partial charge in [-0.1, -0.05) is 12.1 Å². The van der Waals surface area contributed by atoms with Gasteiger partial charge >= 0.3 is 6.18 Å². The normalized spacial score (nSPS) is 12.4. The largest absolute Gasteiger partial charge is 0.493 e. The Morgan fingerprint density at radius 3 is 2.24 bits per heavy atom. The quantitative estimate of drug-likeness (QED) is 0.634. The van der Waals surface area contributed by atoms with E-state index in [1.54, 1.807) is 0 Å². The average Bonchev–Trinajstić information content (AvgIpc) is 2.70. The lowest BCUT2D eigenvalue weighted by Gasteiger charge is -2.09. The van der Waals surface area contributed by atoms with Gasteiger partial charge in [0, 0.05) is 11.8 Å². The van der Waals surface area contributed by atoms with E-state index in [-0.39, 0.29) is 17.2 Å². The van der Waals surface area contributed by atoms with Crippen LogP contribution in [0.5, 0.6) is 11.5 Å². The lowest BCUT2D eigenvalue weighted by atomic mass is 10.1. The molecule has 7 nitrogen and oxygen atoms in total. The number of halogens is 3. The van der Waals surface area contributed by atoms with Crippen LogP contribution in [0.1, 0.15) is 21.6 Å².